The molecule has 6 heteroatoms. The van der Waals surface area contributed by atoms with E-state index in [4.69, 9.17) is 4.74 Å². The van der Waals surface area contributed by atoms with Gasteiger partial charge in [0.05, 0.1) is 17.6 Å². The molecule has 1 fully saturated rings. The van der Waals surface area contributed by atoms with E-state index in [1.54, 1.807) is 12.1 Å². The molecule has 1 aromatic carbocycles. The van der Waals surface area contributed by atoms with Gasteiger partial charge in [-0.2, -0.15) is 0 Å². The molecular weight excluding hydrogens is 272 g/mol. The summed E-state index contributed by atoms with van der Waals surface area (Å²) in [6, 6.07) is 4.56. The van der Waals surface area contributed by atoms with Gasteiger partial charge >= 0.3 is 0 Å². The first-order valence-electron chi connectivity index (χ1n) is 7.22. The summed E-state index contributed by atoms with van der Waals surface area (Å²) in [5, 5.41) is 24.6. The third-order valence-corrected chi connectivity index (χ3v) is 4.21. The number of rotatable bonds is 5. The van der Waals surface area contributed by atoms with E-state index < -0.39 is 10.5 Å². The highest BCUT2D eigenvalue weighted by Gasteiger charge is 2.32. The Bertz CT molecular complexity index is 510. The molecule has 0 aliphatic heterocycles. The van der Waals surface area contributed by atoms with Crippen molar-refractivity contribution in [2.24, 2.45) is 5.92 Å². The van der Waals surface area contributed by atoms with Crippen LogP contribution in [0.1, 0.15) is 32.6 Å². The highest BCUT2D eigenvalue weighted by Crippen LogP contribution is 2.34. The first-order chi connectivity index (χ1) is 9.93. The van der Waals surface area contributed by atoms with E-state index in [2.05, 4.69) is 12.2 Å². The van der Waals surface area contributed by atoms with Gasteiger partial charge in [-0.15, -0.1) is 0 Å². The van der Waals surface area contributed by atoms with Crippen LogP contribution in [0.15, 0.2) is 18.2 Å². The summed E-state index contributed by atoms with van der Waals surface area (Å²) in [6.45, 7) is 2.49. The molecule has 1 aliphatic rings. The van der Waals surface area contributed by atoms with Gasteiger partial charge < -0.3 is 15.2 Å². The maximum Gasteiger partial charge on any atom is 0.292 e. The molecule has 0 radical (unpaired) electrons. The third kappa shape index (κ3) is 3.85. The maximum absolute atomic E-state index is 11.1. The Morgan fingerprint density at radius 2 is 2.14 bits per heavy atom. The number of anilines is 1. The standard InChI is InChI=1S/C15H22N2O4/c1-11-5-7-15(18,8-6-11)10-16-13-9-12(21-2)3-4-14(13)17(19)20/h3-4,9,11,16,18H,5-8,10H2,1-2H3. The van der Waals surface area contributed by atoms with Crippen molar-refractivity contribution < 1.29 is 14.8 Å². The molecule has 116 valence electrons. The maximum atomic E-state index is 11.1. The molecule has 0 bridgehead atoms. The third-order valence-electron chi connectivity index (χ3n) is 4.21. The first-order valence-corrected chi connectivity index (χ1v) is 7.22. The van der Waals surface area contributed by atoms with Crippen molar-refractivity contribution >= 4 is 11.4 Å². The van der Waals surface area contributed by atoms with E-state index in [9.17, 15) is 15.2 Å². The van der Waals surface area contributed by atoms with Gasteiger partial charge in [0.25, 0.3) is 5.69 Å². The topological polar surface area (TPSA) is 84.6 Å². The molecule has 2 rings (SSSR count). The van der Waals surface area contributed by atoms with Crippen molar-refractivity contribution in [3.05, 3.63) is 28.3 Å². The van der Waals surface area contributed by atoms with Crippen molar-refractivity contribution in [1.29, 1.82) is 0 Å². The molecule has 2 N–H and O–H groups in total. The van der Waals surface area contributed by atoms with E-state index in [1.165, 1.54) is 13.2 Å². The fraction of sp³-hybridized carbons (Fsp3) is 0.600. The van der Waals surface area contributed by atoms with Gasteiger partial charge in [-0.25, -0.2) is 0 Å². The highest BCUT2D eigenvalue weighted by molar-refractivity contribution is 5.64. The zero-order valence-electron chi connectivity index (χ0n) is 12.5. The van der Waals surface area contributed by atoms with E-state index in [0.717, 1.165) is 25.7 Å². The van der Waals surface area contributed by atoms with Crippen LogP contribution in [-0.2, 0) is 0 Å². The Kier molecular flexibility index (Phi) is 4.67. The number of nitro benzene ring substituents is 1. The predicted molar refractivity (Wildman–Crippen MR) is 80.7 cm³/mol. The average Bonchev–Trinajstić information content (AvgIpc) is 2.48. The Morgan fingerprint density at radius 1 is 1.48 bits per heavy atom. The van der Waals surface area contributed by atoms with Gasteiger partial charge in [-0.05, 0) is 37.7 Å². The normalized spacial score (nSPS) is 25.4. The summed E-state index contributed by atoms with van der Waals surface area (Å²) in [4.78, 5) is 10.6. The summed E-state index contributed by atoms with van der Waals surface area (Å²) in [6.07, 6.45) is 3.41. The minimum Gasteiger partial charge on any atom is -0.497 e. The molecule has 1 aliphatic carbocycles. The molecule has 0 amide bonds. The Balaban J connectivity index is 2.09. The molecule has 0 saturated heterocycles. The zero-order valence-corrected chi connectivity index (χ0v) is 12.5. The second kappa shape index (κ2) is 6.30. The van der Waals surface area contributed by atoms with E-state index in [0.29, 0.717) is 23.9 Å². The van der Waals surface area contributed by atoms with Crippen LogP contribution in [0.25, 0.3) is 0 Å². The molecule has 0 heterocycles. The number of hydrogen-bond acceptors (Lipinski definition) is 5. The Labute approximate surface area is 124 Å². The minimum absolute atomic E-state index is 0.0106. The molecule has 21 heavy (non-hydrogen) atoms. The predicted octanol–water partition coefficient (Wildman–Crippen LogP) is 2.96. The van der Waals surface area contributed by atoms with Crippen LogP contribution in [0.3, 0.4) is 0 Å². The number of methoxy groups -OCH3 is 1. The Hall–Kier alpha value is -1.82. The summed E-state index contributed by atoms with van der Waals surface area (Å²) in [7, 11) is 1.51. The number of nitrogens with one attached hydrogen (secondary N) is 1. The fourth-order valence-electron chi connectivity index (χ4n) is 2.68. The first kappa shape index (κ1) is 15.6. The summed E-state index contributed by atoms with van der Waals surface area (Å²) in [5.74, 6) is 1.18. The minimum atomic E-state index is -0.788. The average molecular weight is 294 g/mol. The number of hydrogen-bond donors (Lipinski definition) is 2. The van der Waals surface area contributed by atoms with Crippen LogP contribution in [0.5, 0.6) is 5.75 Å². The van der Waals surface area contributed by atoms with Crippen LogP contribution < -0.4 is 10.1 Å². The monoisotopic (exact) mass is 294 g/mol. The smallest absolute Gasteiger partial charge is 0.292 e. The number of benzene rings is 1. The quantitative estimate of drug-likeness (QED) is 0.644. The molecule has 0 aromatic heterocycles. The van der Waals surface area contributed by atoms with Gasteiger partial charge in [0.2, 0.25) is 0 Å². The summed E-state index contributed by atoms with van der Waals surface area (Å²) < 4.78 is 5.10. The van der Waals surface area contributed by atoms with E-state index >= 15 is 0 Å². The van der Waals surface area contributed by atoms with Crippen molar-refractivity contribution in [3.63, 3.8) is 0 Å². The second-order valence-corrected chi connectivity index (χ2v) is 5.90. The Morgan fingerprint density at radius 3 is 2.71 bits per heavy atom. The van der Waals surface area contributed by atoms with Crippen molar-refractivity contribution in [1.82, 2.24) is 0 Å². The summed E-state index contributed by atoms with van der Waals surface area (Å²) in [5.41, 5.74) is -0.418. The van der Waals surface area contributed by atoms with Crippen LogP contribution >= 0.6 is 0 Å². The SMILES string of the molecule is COc1ccc([N+](=O)[O-])c(NCC2(O)CCC(C)CC2)c1. The lowest BCUT2D eigenvalue weighted by Gasteiger charge is -2.35. The van der Waals surface area contributed by atoms with Crippen molar-refractivity contribution in [3.8, 4) is 5.75 Å². The van der Waals surface area contributed by atoms with E-state index in [1.807, 2.05) is 0 Å². The fourth-order valence-corrected chi connectivity index (χ4v) is 2.68. The number of aliphatic hydroxyl groups is 1. The molecule has 6 nitrogen and oxygen atoms in total. The largest absolute Gasteiger partial charge is 0.497 e. The second-order valence-electron chi connectivity index (χ2n) is 5.90. The van der Waals surface area contributed by atoms with Crippen LogP contribution in [0.4, 0.5) is 11.4 Å². The molecule has 1 aromatic rings. The van der Waals surface area contributed by atoms with Crippen LogP contribution in [0.2, 0.25) is 0 Å². The number of ether oxygens (including phenoxy) is 1. The van der Waals surface area contributed by atoms with E-state index in [-0.39, 0.29) is 5.69 Å². The van der Waals surface area contributed by atoms with Gasteiger partial charge in [-0.1, -0.05) is 6.92 Å². The van der Waals surface area contributed by atoms with Crippen LogP contribution in [-0.4, -0.2) is 29.3 Å². The van der Waals surface area contributed by atoms with Gasteiger partial charge in [0, 0.05) is 18.7 Å². The van der Waals surface area contributed by atoms with Crippen molar-refractivity contribution in [2.45, 2.75) is 38.2 Å². The van der Waals surface area contributed by atoms with Gasteiger partial charge in [-0.3, -0.25) is 10.1 Å². The lowest BCUT2D eigenvalue weighted by atomic mass is 9.79. The summed E-state index contributed by atoms with van der Waals surface area (Å²) >= 11 is 0. The van der Waals surface area contributed by atoms with Crippen LogP contribution in [0, 0.1) is 16.0 Å². The zero-order chi connectivity index (χ0) is 15.5. The highest BCUT2D eigenvalue weighted by atomic mass is 16.6. The molecule has 1 saturated carbocycles. The lowest BCUT2D eigenvalue weighted by Crippen LogP contribution is -2.40. The number of nitrogens with zero attached hydrogens (tertiary/aromatic N) is 1. The molecular formula is C15H22N2O4. The van der Waals surface area contributed by atoms with Gasteiger partial charge in [0.1, 0.15) is 11.4 Å². The number of nitro groups is 1. The molecule has 0 spiro atoms. The molecule has 0 unspecified atom stereocenters. The molecule has 0 atom stereocenters. The lowest BCUT2D eigenvalue weighted by molar-refractivity contribution is -0.384. The van der Waals surface area contributed by atoms with Gasteiger partial charge in [0.15, 0.2) is 0 Å². The van der Waals surface area contributed by atoms with Crippen molar-refractivity contribution in [2.75, 3.05) is 19.0 Å².